The molecule has 0 saturated carbocycles. The molecule has 2 aromatic rings. The summed E-state index contributed by atoms with van der Waals surface area (Å²) in [5.41, 5.74) is 5.30. The van der Waals surface area contributed by atoms with Gasteiger partial charge < -0.3 is 28.7 Å². The summed E-state index contributed by atoms with van der Waals surface area (Å²) < 4.78 is 22.0. The Morgan fingerprint density at radius 2 is 1.44 bits per heavy atom. The lowest BCUT2D eigenvalue weighted by Crippen LogP contribution is -2.38. The number of nitrogens with zero attached hydrogens (tertiary/aromatic N) is 2. The quantitative estimate of drug-likeness (QED) is 0.545. The molecule has 0 spiro atoms. The molecule has 2 aromatic carbocycles. The summed E-state index contributed by atoms with van der Waals surface area (Å²) in [6.45, 7) is 3.16. The topological polar surface area (TPSA) is 43.4 Å². The zero-order valence-electron chi connectivity index (χ0n) is 21.2. The van der Waals surface area contributed by atoms with Gasteiger partial charge in [0.1, 0.15) is 0 Å². The normalized spacial score (nSPS) is 17.1. The summed E-state index contributed by atoms with van der Waals surface area (Å²) in [5, 5.41) is 0. The molecule has 0 amide bonds. The Morgan fingerprint density at radius 1 is 0.824 bits per heavy atom. The molecule has 0 radical (unpaired) electrons. The average molecular weight is 467 g/mol. The fourth-order valence-corrected chi connectivity index (χ4v) is 5.17. The summed E-state index contributed by atoms with van der Waals surface area (Å²) in [6.07, 6.45) is 9.91. The number of hydrogen-bond acceptors (Lipinski definition) is 6. The Balaban J connectivity index is 1.30. The monoisotopic (exact) mass is 466 g/mol. The minimum atomic E-state index is 0.564. The molecule has 1 unspecified atom stereocenters. The zero-order valence-corrected chi connectivity index (χ0v) is 21.2. The fourth-order valence-electron chi connectivity index (χ4n) is 5.17. The van der Waals surface area contributed by atoms with Crippen LogP contribution in [0, 0.1) is 0 Å². The van der Waals surface area contributed by atoms with Gasteiger partial charge in [0.05, 0.1) is 28.4 Å². The van der Waals surface area contributed by atoms with Crippen molar-refractivity contribution in [3.8, 4) is 23.0 Å². The average Bonchev–Trinajstić information content (AvgIpc) is 3.08. The van der Waals surface area contributed by atoms with Crippen LogP contribution < -0.4 is 18.9 Å². The van der Waals surface area contributed by atoms with E-state index in [1.165, 1.54) is 28.7 Å². The predicted molar refractivity (Wildman–Crippen MR) is 136 cm³/mol. The summed E-state index contributed by atoms with van der Waals surface area (Å²) >= 11 is 0. The van der Waals surface area contributed by atoms with E-state index in [-0.39, 0.29) is 0 Å². The lowest BCUT2D eigenvalue weighted by molar-refractivity contribution is 0.210. The summed E-state index contributed by atoms with van der Waals surface area (Å²) in [7, 11) is 9.06. The van der Waals surface area contributed by atoms with Gasteiger partial charge in [-0.05, 0) is 104 Å². The first-order valence-electron chi connectivity index (χ1n) is 12.2. The van der Waals surface area contributed by atoms with Gasteiger partial charge in [0.15, 0.2) is 23.0 Å². The van der Waals surface area contributed by atoms with E-state index in [0.29, 0.717) is 6.04 Å². The van der Waals surface area contributed by atoms with Crippen molar-refractivity contribution < 1.29 is 18.9 Å². The van der Waals surface area contributed by atoms with Gasteiger partial charge in [-0.15, -0.1) is 0 Å². The van der Waals surface area contributed by atoms with Crippen molar-refractivity contribution in [2.75, 3.05) is 55.1 Å². The third kappa shape index (κ3) is 5.27. The molecule has 1 atom stereocenters. The summed E-state index contributed by atoms with van der Waals surface area (Å²) in [5.74, 6) is 3.24. The summed E-state index contributed by atoms with van der Waals surface area (Å²) in [6, 6.07) is 9.07. The van der Waals surface area contributed by atoms with Gasteiger partial charge in [0.2, 0.25) is 0 Å². The van der Waals surface area contributed by atoms with Crippen LogP contribution in [-0.4, -0.2) is 71.0 Å². The molecule has 0 aromatic heterocycles. The fraction of sp³-hybridized carbons (Fsp3) is 0.500. The van der Waals surface area contributed by atoms with E-state index in [1.807, 2.05) is 0 Å². The van der Waals surface area contributed by atoms with E-state index >= 15 is 0 Å². The van der Waals surface area contributed by atoms with Gasteiger partial charge in [-0.3, -0.25) is 0 Å². The van der Waals surface area contributed by atoms with E-state index in [2.05, 4.69) is 53.4 Å². The third-order valence-electron chi connectivity index (χ3n) is 7.27. The van der Waals surface area contributed by atoms with Crippen LogP contribution in [0.25, 0.3) is 6.08 Å². The molecule has 1 aliphatic carbocycles. The van der Waals surface area contributed by atoms with Gasteiger partial charge in [-0.25, -0.2) is 0 Å². The first-order chi connectivity index (χ1) is 16.6. The largest absolute Gasteiger partial charge is 0.493 e. The summed E-state index contributed by atoms with van der Waals surface area (Å²) in [4.78, 5) is 4.96. The minimum absolute atomic E-state index is 0.564. The molecule has 184 valence electrons. The van der Waals surface area contributed by atoms with Crippen LogP contribution in [0.15, 0.2) is 30.5 Å². The third-order valence-corrected chi connectivity index (χ3v) is 7.27. The molecule has 4 rings (SSSR count). The molecule has 1 aliphatic heterocycles. The second-order valence-corrected chi connectivity index (χ2v) is 9.21. The number of rotatable bonds is 9. The van der Waals surface area contributed by atoms with Gasteiger partial charge in [-0.2, -0.15) is 0 Å². The van der Waals surface area contributed by atoms with Gasteiger partial charge >= 0.3 is 0 Å². The Morgan fingerprint density at radius 3 is 2.12 bits per heavy atom. The SMILES string of the molecule is COc1cc2c(cc1OC)CCN(CCCN(C)C1CCc3cc(OC)c(OC)cc3C1)C=C2. The molecule has 0 bridgehead atoms. The van der Waals surface area contributed by atoms with Crippen molar-refractivity contribution in [3.63, 3.8) is 0 Å². The molecule has 0 saturated heterocycles. The number of hydrogen-bond donors (Lipinski definition) is 0. The van der Waals surface area contributed by atoms with Crippen molar-refractivity contribution >= 4 is 6.08 Å². The second-order valence-electron chi connectivity index (χ2n) is 9.21. The number of methoxy groups -OCH3 is 4. The van der Waals surface area contributed by atoms with Gasteiger partial charge in [0.25, 0.3) is 0 Å². The Hall–Kier alpha value is -2.86. The van der Waals surface area contributed by atoms with E-state index in [0.717, 1.165) is 68.3 Å². The van der Waals surface area contributed by atoms with Crippen LogP contribution in [-0.2, 0) is 19.3 Å². The van der Waals surface area contributed by atoms with Crippen molar-refractivity contribution in [1.29, 1.82) is 0 Å². The first-order valence-corrected chi connectivity index (χ1v) is 12.2. The highest BCUT2D eigenvalue weighted by atomic mass is 16.5. The van der Waals surface area contributed by atoms with Crippen molar-refractivity contribution in [2.24, 2.45) is 0 Å². The van der Waals surface area contributed by atoms with E-state index in [9.17, 15) is 0 Å². The Labute approximate surface area is 204 Å². The maximum absolute atomic E-state index is 5.52. The first kappa shape index (κ1) is 24.3. The number of fused-ring (bicyclic) bond motifs is 2. The van der Waals surface area contributed by atoms with Crippen LogP contribution in [0.2, 0.25) is 0 Å². The van der Waals surface area contributed by atoms with Crippen molar-refractivity contribution in [2.45, 2.75) is 38.1 Å². The molecule has 6 nitrogen and oxygen atoms in total. The van der Waals surface area contributed by atoms with Crippen LogP contribution in [0.1, 0.15) is 35.1 Å². The highest BCUT2D eigenvalue weighted by Crippen LogP contribution is 2.35. The van der Waals surface area contributed by atoms with Gasteiger partial charge in [-0.1, -0.05) is 0 Å². The van der Waals surface area contributed by atoms with Crippen molar-refractivity contribution in [3.05, 3.63) is 52.7 Å². The van der Waals surface area contributed by atoms with Crippen LogP contribution >= 0.6 is 0 Å². The molecule has 34 heavy (non-hydrogen) atoms. The molecule has 2 aliphatic rings. The minimum Gasteiger partial charge on any atom is -0.493 e. The number of ether oxygens (including phenoxy) is 4. The number of likely N-dealkylation sites (N-methyl/N-ethyl adjacent to an activating group) is 1. The molecule has 0 N–H and O–H groups in total. The van der Waals surface area contributed by atoms with Crippen LogP contribution in [0.5, 0.6) is 23.0 Å². The maximum Gasteiger partial charge on any atom is 0.161 e. The lowest BCUT2D eigenvalue weighted by Gasteiger charge is -2.33. The predicted octanol–water partition coefficient (Wildman–Crippen LogP) is 4.43. The number of aryl methyl sites for hydroxylation is 1. The molecular weight excluding hydrogens is 428 g/mol. The van der Waals surface area contributed by atoms with E-state index in [4.69, 9.17) is 18.9 Å². The standard InChI is InChI=1S/C28H38N2O4/c1-29(24-8-7-20-16-25(31-2)28(34-5)19-23(20)15-24)11-6-12-30-13-9-21-17-26(32-3)27(33-4)18-22(21)10-14-30/h9,13,16-19,24H,6-8,10-12,14-15H2,1-5H3. The van der Waals surface area contributed by atoms with E-state index < -0.39 is 0 Å². The van der Waals surface area contributed by atoms with Crippen LogP contribution in [0.4, 0.5) is 0 Å². The molecule has 0 fully saturated rings. The highest BCUT2D eigenvalue weighted by molar-refractivity contribution is 5.61. The zero-order chi connectivity index (χ0) is 24.1. The second kappa shape index (κ2) is 11.0. The van der Waals surface area contributed by atoms with Crippen LogP contribution in [0.3, 0.4) is 0 Å². The lowest BCUT2D eigenvalue weighted by atomic mass is 9.87. The Kier molecular flexibility index (Phi) is 7.88. The highest BCUT2D eigenvalue weighted by Gasteiger charge is 2.24. The molecular formula is C28H38N2O4. The molecule has 6 heteroatoms. The van der Waals surface area contributed by atoms with E-state index in [1.54, 1.807) is 28.4 Å². The smallest absolute Gasteiger partial charge is 0.161 e. The molecule has 1 heterocycles. The number of benzene rings is 2. The maximum atomic E-state index is 5.52. The van der Waals surface area contributed by atoms with Crippen molar-refractivity contribution in [1.82, 2.24) is 9.80 Å². The van der Waals surface area contributed by atoms with Gasteiger partial charge in [0, 0.05) is 19.1 Å². The Bertz CT molecular complexity index is 1020.